The highest BCUT2D eigenvalue weighted by molar-refractivity contribution is 7.98. The van der Waals surface area contributed by atoms with Crippen molar-refractivity contribution in [1.29, 1.82) is 0 Å². The van der Waals surface area contributed by atoms with Crippen LogP contribution in [0.5, 0.6) is 5.75 Å². The second kappa shape index (κ2) is 7.13. The lowest BCUT2D eigenvalue weighted by molar-refractivity contribution is -0.122. The van der Waals surface area contributed by atoms with E-state index in [0.29, 0.717) is 5.75 Å². The first-order valence-corrected chi connectivity index (χ1v) is 7.68. The van der Waals surface area contributed by atoms with E-state index in [9.17, 15) is 9.18 Å². The molecule has 0 unspecified atom stereocenters. The molecule has 2 rings (SSSR count). The maximum atomic E-state index is 12.8. The van der Waals surface area contributed by atoms with Crippen molar-refractivity contribution in [2.24, 2.45) is 0 Å². The van der Waals surface area contributed by atoms with Crippen molar-refractivity contribution in [2.45, 2.75) is 17.9 Å². The van der Waals surface area contributed by atoms with Gasteiger partial charge in [-0.15, -0.1) is 11.8 Å². The Morgan fingerprint density at radius 2 is 1.86 bits per heavy atom. The van der Waals surface area contributed by atoms with Crippen molar-refractivity contribution in [3.8, 4) is 5.75 Å². The highest BCUT2D eigenvalue weighted by Crippen LogP contribution is 2.25. The summed E-state index contributed by atoms with van der Waals surface area (Å²) in [5.74, 6) is -0.133. The molecule has 21 heavy (non-hydrogen) atoms. The maximum absolute atomic E-state index is 12.8. The molecule has 5 heteroatoms. The van der Waals surface area contributed by atoms with Crippen molar-refractivity contribution < 1.29 is 13.9 Å². The fourth-order valence-electron chi connectivity index (χ4n) is 1.75. The number of rotatable bonds is 5. The molecule has 0 spiro atoms. The average molecular weight is 305 g/mol. The van der Waals surface area contributed by atoms with E-state index >= 15 is 0 Å². The average Bonchev–Trinajstić information content (AvgIpc) is 2.50. The Morgan fingerprint density at radius 3 is 2.52 bits per heavy atom. The van der Waals surface area contributed by atoms with E-state index in [4.69, 9.17) is 4.74 Å². The summed E-state index contributed by atoms with van der Waals surface area (Å²) in [6.45, 7) is 1.65. The highest BCUT2D eigenvalue weighted by atomic mass is 32.2. The first kappa shape index (κ1) is 15.4. The topological polar surface area (TPSA) is 38.3 Å². The lowest BCUT2D eigenvalue weighted by Crippen LogP contribution is -2.30. The van der Waals surface area contributed by atoms with Gasteiger partial charge in [0.2, 0.25) is 0 Å². The summed E-state index contributed by atoms with van der Waals surface area (Å²) < 4.78 is 18.3. The molecular formula is C16H16FNO2S. The molecule has 0 saturated carbocycles. The quantitative estimate of drug-likeness (QED) is 0.850. The number of hydrogen-bond acceptors (Lipinski definition) is 3. The molecule has 0 radical (unpaired) electrons. The first-order valence-electron chi connectivity index (χ1n) is 6.46. The van der Waals surface area contributed by atoms with Crippen LogP contribution in [0.1, 0.15) is 6.92 Å². The standard InChI is InChI=1S/C16H16FNO2S/c1-11(20-13-9-7-12(17)8-10-13)16(19)18-14-5-3-4-6-15(14)21-2/h3-11H,1-2H3,(H,18,19)/t11-/m0/s1. The van der Waals surface area contributed by atoms with Crippen LogP contribution >= 0.6 is 11.8 Å². The smallest absolute Gasteiger partial charge is 0.265 e. The van der Waals surface area contributed by atoms with Gasteiger partial charge in [0, 0.05) is 4.90 Å². The predicted molar refractivity (Wildman–Crippen MR) is 83.3 cm³/mol. The number of para-hydroxylation sites is 1. The summed E-state index contributed by atoms with van der Waals surface area (Å²) in [6.07, 6.45) is 1.27. The van der Waals surface area contributed by atoms with Crippen molar-refractivity contribution in [2.75, 3.05) is 11.6 Å². The van der Waals surface area contributed by atoms with Gasteiger partial charge in [-0.2, -0.15) is 0 Å². The number of anilines is 1. The van der Waals surface area contributed by atoms with Crippen LogP contribution in [0.2, 0.25) is 0 Å². The minimum Gasteiger partial charge on any atom is -0.481 e. The summed E-state index contributed by atoms with van der Waals surface area (Å²) in [7, 11) is 0. The van der Waals surface area contributed by atoms with Gasteiger partial charge in [-0.1, -0.05) is 12.1 Å². The number of ether oxygens (including phenoxy) is 1. The third kappa shape index (κ3) is 4.23. The number of thioether (sulfide) groups is 1. The number of benzene rings is 2. The number of halogens is 1. The summed E-state index contributed by atoms with van der Waals surface area (Å²) in [5, 5.41) is 2.83. The number of nitrogens with one attached hydrogen (secondary N) is 1. The second-order valence-corrected chi connectivity index (χ2v) is 5.25. The molecule has 0 heterocycles. The maximum Gasteiger partial charge on any atom is 0.265 e. The van der Waals surface area contributed by atoms with E-state index in [1.807, 2.05) is 30.5 Å². The molecule has 3 nitrogen and oxygen atoms in total. The van der Waals surface area contributed by atoms with Crippen LogP contribution in [0, 0.1) is 5.82 Å². The van der Waals surface area contributed by atoms with E-state index in [1.54, 1.807) is 18.7 Å². The fourth-order valence-corrected chi connectivity index (χ4v) is 2.31. The van der Waals surface area contributed by atoms with Crippen LogP contribution in [0.4, 0.5) is 10.1 Å². The molecule has 0 aliphatic carbocycles. The zero-order chi connectivity index (χ0) is 15.2. The van der Waals surface area contributed by atoms with E-state index in [-0.39, 0.29) is 11.7 Å². The second-order valence-electron chi connectivity index (χ2n) is 4.40. The Kier molecular flexibility index (Phi) is 5.22. The molecule has 2 aromatic rings. The molecule has 0 bridgehead atoms. The van der Waals surface area contributed by atoms with Gasteiger partial charge in [0.25, 0.3) is 5.91 Å². The van der Waals surface area contributed by atoms with Gasteiger partial charge in [-0.05, 0) is 49.6 Å². The van der Waals surface area contributed by atoms with E-state index < -0.39 is 6.10 Å². The number of amides is 1. The molecule has 0 aliphatic heterocycles. The number of carbonyl (C=O) groups is 1. The Labute approximate surface area is 127 Å². The summed E-state index contributed by atoms with van der Waals surface area (Å²) in [4.78, 5) is 13.1. The Hall–Kier alpha value is -2.01. The van der Waals surface area contributed by atoms with Gasteiger partial charge in [-0.25, -0.2) is 4.39 Å². The lowest BCUT2D eigenvalue weighted by Gasteiger charge is -2.16. The Bertz CT molecular complexity index is 616. The van der Waals surface area contributed by atoms with Crippen LogP contribution in [0.15, 0.2) is 53.4 Å². The minimum absolute atomic E-state index is 0.249. The summed E-state index contributed by atoms with van der Waals surface area (Å²) in [6, 6.07) is 13.1. The number of hydrogen-bond donors (Lipinski definition) is 1. The third-order valence-electron chi connectivity index (χ3n) is 2.86. The van der Waals surface area contributed by atoms with E-state index in [1.165, 1.54) is 24.3 Å². The van der Waals surface area contributed by atoms with E-state index in [0.717, 1.165) is 10.6 Å². The summed E-state index contributed by atoms with van der Waals surface area (Å²) in [5.41, 5.74) is 0.754. The minimum atomic E-state index is -0.676. The fraction of sp³-hybridized carbons (Fsp3) is 0.188. The SMILES string of the molecule is CSc1ccccc1NC(=O)[C@H](C)Oc1ccc(F)cc1. The van der Waals surface area contributed by atoms with Gasteiger partial charge in [0.1, 0.15) is 11.6 Å². The molecule has 0 aliphatic rings. The van der Waals surface area contributed by atoms with Gasteiger partial charge in [0.15, 0.2) is 6.10 Å². The van der Waals surface area contributed by atoms with E-state index in [2.05, 4.69) is 5.32 Å². The zero-order valence-corrected chi connectivity index (χ0v) is 12.6. The van der Waals surface area contributed by atoms with Crippen molar-refractivity contribution in [1.82, 2.24) is 0 Å². The highest BCUT2D eigenvalue weighted by Gasteiger charge is 2.16. The Balaban J connectivity index is 2.01. The van der Waals surface area contributed by atoms with Crippen molar-refractivity contribution >= 4 is 23.4 Å². The van der Waals surface area contributed by atoms with Gasteiger partial charge in [0.05, 0.1) is 5.69 Å². The van der Waals surface area contributed by atoms with Crippen LogP contribution in [0.25, 0.3) is 0 Å². The van der Waals surface area contributed by atoms with Gasteiger partial charge in [-0.3, -0.25) is 4.79 Å². The Morgan fingerprint density at radius 1 is 1.19 bits per heavy atom. The van der Waals surface area contributed by atoms with Crippen molar-refractivity contribution in [3.63, 3.8) is 0 Å². The van der Waals surface area contributed by atoms with Crippen LogP contribution in [-0.2, 0) is 4.79 Å². The molecule has 0 fully saturated rings. The molecule has 110 valence electrons. The van der Waals surface area contributed by atoms with Crippen LogP contribution in [0.3, 0.4) is 0 Å². The van der Waals surface area contributed by atoms with Crippen molar-refractivity contribution in [3.05, 3.63) is 54.3 Å². The largest absolute Gasteiger partial charge is 0.481 e. The summed E-state index contributed by atoms with van der Waals surface area (Å²) >= 11 is 1.56. The van der Waals surface area contributed by atoms with Gasteiger partial charge >= 0.3 is 0 Å². The predicted octanol–water partition coefficient (Wildman–Crippen LogP) is 3.95. The van der Waals surface area contributed by atoms with Crippen LogP contribution < -0.4 is 10.1 Å². The molecule has 2 aromatic carbocycles. The third-order valence-corrected chi connectivity index (χ3v) is 3.66. The zero-order valence-electron chi connectivity index (χ0n) is 11.8. The molecule has 0 aromatic heterocycles. The lowest BCUT2D eigenvalue weighted by atomic mass is 10.3. The normalized spacial score (nSPS) is 11.8. The molecule has 0 saturated heterocycles. The molecule has 1 atom stereocenters. The molecule has 1 amide bonds. The first-order chi connectivity index (χ1) is 10.1. The number of carbonyl (C=O) groups excluding carboxylic acids is 1. The van der Waals surface area contributed by atoms with Gasteiger partial charge < -0.3 is 10.1 Å². The van der Waals surface area contributed by atoms with Crippen LogP contribution in [-0.4, -0.2) is 18.3 Å². The monoisotopic (exact) mass is 305 g/mol. The molecular weight excluding hydrogens is 289 g/mol. The molecule has 1 N–H and O–H groups in total.